The molecule has 1 atom stereocenters. The van der Waals surface area contributed by atoms with Crippen LogP contribution >= 0.6 is 0 Å². The molecule has 3 aromatic rings. The van der Waals surface area contributed by atoms with Gasteiger partial charge < -0.3 is 15.0 Å². The topological polar surface area (TPSA) is 52.3 Å². The van der Waals surface area contributed by atoms with Crippen LogP contribution in [0.2, 0.25) is 0 Å². The van der Waals surface area contributed by atoms with Gasteiger partial charge >= 0.3 is 0 Å². The molecule has 186 valence electrons. The molecular formula is C32H37N2O2+. The van der Waals surface area contributed by atoms with Crippen LogP contribution in [0.4, 0.5) is 5.69 Å². The second-order valence-corrected chi connectivity index (χ2v) is 10.7. The Labute approximate surface area is 215 Å². The smallest absolute Gasteiger partial charge is 0.216 e. The van der Waals surface area contributed by atoms with Gasteiger partial charge in [0.15, 0.2) is 6.04 Å². The lowest BCUT2D eigenvalue weighted by molar-refractivity contribution is -0.928. The Morgan fingerprint density at radius 1 is 0.944 bits per heavy atom. The molecule has 2 aliphatic heterocycles. The number of carbonyl (C=O) groups is 1. The first-order chi connectivity index (χ1) is 17.4. The number of nitrogen functional groups attached to an aromatic ring is 1. The number of quaternary nitrogens is 1. The Morgan fingerprint density at radius 2 is 1.64 bits per heavy atom. The second-order valence-electron chi connectivity index (χ2n) is 10.7. The van der Waals surface area contributed by atoms with Crippen LogP contribution in [0.3, 0.4) is 0 Å². The molecule has 1 unspecified atom stereocenters. The van der Waals surface area contributed by atoms with Crippen molar-refractivity contribution < 1.29 is 14.0 Å². The van der Waals surface area contributed by atoms with Crippen molar-refractivity contribution in [1.82, 2.24) is 0 Å². The Bertz CT molecular complexity index is 1250. The predicted octanol–water partition coefficient (Wildman–Crippen LogP) is 6.22. The van der Waals surface area contributed by atoms with E-state index in [9.17, 15) is 4.79 Å². The van der Waals surface area contributed by atoms with Gasteiger partial charge in [-0.1, -0.05) is 48.0 Å². The van der Waals surface area contributed by atoms with Crippen molar-refractivity contribution in [2.24, 2.45) is 0 Å². The van der Waals surface area contributed by atoms with Crippen LogP contribution in [-0.2, 0) is 11.2 Å². The molecule has 0 saturated carbocycles. The summed E-state index contributed by atoms with van der Waals surface area (Å²) in [4.78, 5) is 14.3. The molecule has 0 bridgehead atoms. The predicted molar refractivity (Wildman–Crippen MR) is 148 cm³/mol. The minimum absolute atomic E-state index is 0.109. The number of hydrogen-bond donors (Lipinski definition) is 1. The third-order valence-corrected chi connectivity index (χ3v) is 7.97. The van der Waals surface area contributed by atoms with Crippen LogP contribution < -0.4 is 10.5 Å². The van der Waals surface area contributed by atoms with E-state index in [1.165, 1.54) is 36.0 Å². The van der Waals surface area contributed by atoms with Gasteiger partial charge in [-0.2, -0.15) is 0 Å². The van der Waals surface area contributed by atoms with Gasteiger partial charge in [-0.3, -0.25) is 4.79 Å². The lowest BCUT2D eigenvalue weighted by Gasteiger charge is -2.43. The maximum absolute atomic E-state index is 14.3. The minimum atomic E-state index is -0.109. The van der Waals surface area contributed by atoms with Crippen molar-refractivity contribution in [3.05, 3.63) is 89.0 Å². The van der Waals surface area contributed by atoms with Crippen LogP contribution in [0, 0.1) is 6.92 Å². The molecule has 4 nitrogen and oxygen atoms in total. The summed E-state index contributed by atoms with van der Waals surface area (Å²) >= 11 is 0. The fourth-order valence-corrected chi connectivity index (χ4v) is 5.68. The molecule has 0 amide bonds. The molecule has 2 aliphatic rings. The fraction of sp³-hybridized carbons (Fsp3) is 0.344. The summed E-state index contributed by atoms with van der Waals surface area (Å²) in [5.74, 6) is 1.11. The number of fused-ring (bicyclic) bond motifs is 1. The third kappa shape index (κ3) is 5.24. The van der Waals surface area contributed by atoms with E-state index in [4.69, 9.17) is 10.5 Å². The maximum Gasteiger partial charge on any atom is 0.216 e. The average Bonchev–Trinajstić information content (AvgIpc) is 3.11. The van der Waals surface area contributed by atoms with Gasteiger partial charge in [0.05, 0.1) is 26.7 Å². The highest BCUT2D eigenvalue weighted by Crippen LogP contribution is 2.33. The first-order valence-corrected chi connectivity index (χ1v) is 13.2. The number of aryl methyl sites for hydroxylation is 1. The number of likely N-dealkylation sites (tertiary alicyclic amines) is 1. The molecule has 2 heterocycles. The number of ketones is 1. The molecule has 0 radical (unpaired) electrons. The molecule has 0 spiro atoms. The average molecular weight is 482 g/mol. The Balaban J connectivity index is 1.49. The van der Waals surface area contributed by atoms with Gasteiger partial charge in [0, 0.05) is 29.7 Å². The SMILES string of the molecule is Cc1ccc(-c2ccc3c(c2)C=C(C(=O)C(Cc2ccc(N)cc2)[N+]2(C)CCCCC2)CCO3)cc1. The Hall–Kier alpha value is -3.37. The van der Waals surface area contributed by atoms with Gasteiger partial charge in [0.2, 0.25) is 5.78 Å². The summed E-state index contributed by atoms with van der Waals surface area (Å²) in [7, 11) is 2.27. The molecule has 3 aromatic carbocycles. The molecule has 1 fully saturated rings. The van der Waals surface area contributed by atoms with E-state index in [0.717, 1.165) is 52.1 Å². The molecule has 5 rings (SSSR count). The van der Waals surface area contributed by atoms with Crippen molar-refractivity contribution >= 4 is 17.5 Å². The summed E-state index contributed by atoms with van der Waals surface area (Å²) in [6.45, 7) is 4.71. The van der Waals surface area contributed by atoms with E-state index in [1.807, 2.05) is 18.2 Å². The normalized spacial score (nSPS) is 17.8. The molecular weight excluding hydrogens is 444 g/mol. The molecule has 0 aromatic heterocycles. The van der Waals surface area contributed by atoms with E-state index in [-0.39, 0.29) is 11.8 Å². The minimum Gasteiger partial charge on any atom is -0.493 e. The zero-order valence-electron chi connectivity index (χ0n) is 21.5. The number of benzene rings is 3. The number of rotatable bonds is 6. The number of anilines is 1. The molecule has 2 N–H and O–H groups in total. The monoisotopic (exact) mass is 481 g/mol. The van der Waals surface area contributed by atoms with Crippen molar-refractivity contribution in [3.63, 3.8) is 0 Å². The van der Waals surface area contributed by atoms with E-state index < -0.39 is 0 Å². The van der Waals surface area contributed by atoms with Crippen LogP contribution in [0.25, 0.3) is 17.2 Å². The Morgan fingerprint density at radius 3 is 2.36 bits per heavy atom. The Kier molecular flexibility index (Phi) is 6.97. The lowest BCUT2D eigenvalue weighted by atomic mass is 9.90. The summed E-state index contributed by atoms with van der Waals surface area (Å²) in [5, 5.41) is 0. The molecule has 4 heteroatoms. The number of nitrogens with two attached hydrogens (primary N) is 1. The van der Waals surface area contributed by atoms with Gasteiger partial charge in [0.1, 0.15) is 5.75 Å². The fourth-order valence-electron chi connectivity index (χ4n) is 5.68. The molecule has 1 saturated heterocycles. The second kappa shape index (κ2) is 10.3. The zero-order chi connectivity index (χ0) is 25.1. The lowest BCUT2D eigenvalue weighted by Crippen LogP contribution is -2.59. The van der Waals surface area contributed by atoms with E-state index in [2.05, 4.69) is 68.6 Å². The van der Waals surface area contributed by atoms with Crippen LogP contribution in [0.5, 0.6) is 5.75 Å². The first-order valence-electron chi connectivity index (χ1n) is 13.2. The number of Topliss-reactive ketones (excluding diaryl/α,β-unsaturated/α-hetero) is 1. The number of ether oxygens (including phenoxy) is 1. The number of piperidine rings is 1. The van der Waals surface area contributed by atoms with Gasteiger partial charge in [-0.25, -0.2) is 0 Å². The van der Waals surface area contributed by atoms with Gasteiger partial charge in [-0.05, 0) is 73.2 Å². The third-order valence-electron chi connectivity index (χ3n) is 7.97. The van der Waals surface area contributed by atoms with Crippen molar-refractivity contribution in [2.45, 2.75) is 45.1 Å². The van der Waals surface area contributed by atoms with E-state index >= 15 is 0 Å². The van der Waals surface area contributed by atoms with Crippen molar-refractivity contribution in [2.75, 3.05) is 32.5 Å². The highest BCUT2D eigenvalue weighted by atomic mass is 16.5. The number of nitrogens with zero attached hydrogens (tertiary/aromatic N) is 1. The zero-order valence-corrected chi connectivity index (χ0v) is 21.5. The van der Waals surface area contributed by atoms with Crippen LogP contribution in [0.15, 0.2) is 72.3 Å². The highest BCUT2D eigenvalue weighted by Gasteiger charge is 2.40. The number of carbonyl (C=O) groups excluding carboxylic acids is 1. The highest BCUT2D eigenvalue weighted by molar-refractivity contribution is 6.03. The molecule has 0 aliphatic carbocycles. The summed E-state index contributed by atoms with van der Waals surface area (Å²) < 4.78 is 6.90. The van der Waals surface area contributed by atoms with Gasteiger partial charge in [0.25, 0.3) is 0 Å². The summed E-state index contributed by atoms with van der Waals surface area (Å²) in [5.41, 5.74) is 13.3. The van der Waals surface area contributed by atoms with Crippen molar-refractivity contribution in [3.8, 4) is 16.9 Å². The maximum atomic E-state index is 14.3. The number of likely N-dealkylation sites (N-methyl/N-ethyl adjacent to an activating group) is 1. The van der Waals surface area contributed by atoms with Crippen LogP contribution in [0.1, 0.15) is 42.4 Å². The summed E-state index contributed by atoms with van der Waals surface area (Å²) in [6.07, 6.45) is 7.05. The first kappa shape index (κ1) is 24.3. The quantitative estimate of drug-likeness (QED) is 0.336. The van der Waals surface area contributed by atoms with Crippen LogP contribution in [-0.4, -0.2) is 43.1 Å². The van der Waals surface area contributed by atoms with E-state index in [0.29, 0.717) is 13.0 Å². The summed E-state index contributed by atoms with van der Waals surface area (Å²) in [6, 6.07) is 22.8. The molecule has 36 heavy (non-hydrogen) atoms. The van der Waals surface area contributed by atoms with Crippen molar-refractivity contribution in [1.29, 1.82) is 0 Å². The largest absolute Gasteiger partial charge is 0.493 e. The van der Waals surface area contributed by atoms with E-state index in [1.54, 1.807) is 0 Å². The van der Waals surface area contributed by atoms with Gasteiger partial charge in [-0.15, -0.1) is 0 Å². The standard InChI is InChI=1S/C32H37N2O2/c1-23-6-10-25(11-7-23)26-12-15-31-28(21-26)22-27(16-19-36-31)32(35)30(34(2)17-4-3-5-18-34)20-24-8-13-29(33)14-9-24/h6-15,21-22,30H,3-5,16-20,33H2,1-2H3/q+1. The number of hydrogen-bond acceptors (Lipinski definition) is 3.